The van der Waals surface area contributed by atoms with Crippen molar-refractivity contribution in [1.29, 1.82) is 0 Å². The molecule has 0 aliphatic carbocycles. The largest absolute Gasteiger partial charge is 0.396 e. The molecular formula is C31H37F2N3O3. The van der Waals surface area contributed by atoms with Gasteiger partial charge in [0, 0.05) is 67.9 Å². The molecule has 1 aromatic heterocycles. The maximum atomic E-state index is 13.4. The van der Waals surface area contributed by atoms with Crippen molar-refractivity contribution in [2.24, 2.45) is 11.8 Å². The number of aromatic amines is 1. The minimum Gasteiger partial charge on any atom is -0.396 e. The Morgan fingerprint density at radius 2 is 1.87 bits per heavy atom. The highest BCUT2D eigenvalue weighted by Crippen LogP contribution is 2.37. The highest BCUT2D eigenvalue weighted by Gasteiger charge is 2.34. The second kappa shape index (κ2) is 12.0. The third-order valence-corrected chi connectivity index (χ3v) is 8.55. The molecule has 3 unspecified atom stereocenters. The monoisotopic (exact) mass is 537 g/mol. The Kier molecular flexibility index (Phi) is 8.45. The molecule has 208 valence electrons. The number of para-hydroxylation sites is 1. The molecule has 0 radical (unpaired) electrons. The molecule has 0 saturated carbocycles. The molecule has 2 fully saturated rings. The number of aliphatic hydroxyl groups is 2. The van der Waals surface area contributed by atoms with E-state index in [0.717, 1.165) is 31.1 Å². The SMILES string of the molecule is Cc1cccc2c(C3CCN(CC(O)C4CCN(C(=O)/C=C/c5cc(F)cc(F)c5)CC4)CC3CO)c[nH]c12. The first-order chi connectivity index (χ1) is 18.8. The number of β-amino-alcohol motifs (C(OH)–C–C–N with tert-alkyl or cyclic N) is 1. The van der Waals surface area contributed by atoms with Crippen molar-refractivity contribution >= 4 is 22.9 Å². The number of hydrogen-bond acceptors (Lipinski definition) is 4. The van der Waals surface area contributed by atoms with Crippen molar-refractivity contribution in [1.82, 2.24) is 14.8 Å². The fourth-order valence-electron chi connectivity index (χ4n) is 6.36. The van der Waals surface area contributed by atoms with E-state index in [4.69, 9.17) is 0 Å². The van der Waals surface area contributed by atoms with Crippen LogP contribution in [0.3, 0.4) is 0 Å². The van der Waals surface area contributed by atoms with E-state index in [1.54, 1.807) is 4.90 Å². The number of aromatic nitrogens is 1. The summed E-state index contributed by atoms with van der Waals surface area (Å²) < 4.78 is 26.8. The zero-order valence-corrected chi connectivity index (χ0v) is 22.3. The Balaban J connectivity index is 1.12. The Bertz CT molecular complexity index is 1310. The normalized spacial score (nSPS) is 22.1. The number of nitrogens with one attached hydrogen (secondary N) is 1. The predicted octanol–water partition coefficient (Wildman–Crippen LogP) is 4.47. The lowest BCUT2D eigenvalue weighted by atomic mass is 9.80. The van der Waals surface area contributed by atoms with E-state index in [2.05, 4.69) is 41.2 Å². The Morgan fingerprint density at radius 3 is 2.59 bits per heavy atom. The molecule has 2 aromatic carbocycles. The molecule has 3 N–H and O–H groups in total. The molecule has 8 heteroatoms. The van der Waals surface area contributed by atoms with Crippen LogP contribution in [0, 0.1) is 30.4 Å². The van der Waals surface area contributed by atoms with Crippen LogP contribution >= 0.6 is 0 Å². The van der Waals surface area contributed by atoms with Crippen LogP contribution in [0.4, 0.5) is 8.78 Å². The highest BCUT2D eigenvalue weighted by molar-refractivity contribution is 5.91. The number of hydrogen-bond donors (Lipinski definition) is 3. The first-order valence-electron chi connectivity index (χ1n) is 13.8. The Hall–Kier alpha value is -3.07. The van der Waals surface area contributed by atoms with Crippen LogP contribution in [0.15, 0.2) is 48.7 Å². The summed E-state index contributed by atoms with van der Waals surface area (Å²) in [6.45, 7) is 5.42. The van der Waals surface area contributed by atoms with Gasteiger partial charge in [0.05, 0.1) is 6.10 Å². The first kappa shape index (κ1) is 27.5. The van der Waals surface area contributed by atoms with E-state index in [1.807, 2.05) is 0 Å². The molecule has 1 amide bonds. The quantitative estimate of drug-likeness (QED) is 0.389. The van der Waals surface area contributed by atoms with Gasteiger partial charge < -0.3 is 25.0 Å². The second-order valence-corrected chi connectivity index (χ2v) is 11.1. The topological polar surface area (TPSA) is 79.8 Å². The van der Waals surface area contributed by atoms with Crippen molar-refractivity contribution < 1.29 is 23.8 Å². The van der Waals surface area contributed by atoms with Crippen LogP contribution < -0.4 is 0 Å². The smallest absolute Gasteiger partial charge is 0.246 e. The van der Waals surface area contributed by atoms with Crippen molar-refractivity contribution in [3.05, 3.63) is 77.0 Å². The van der Waals surface area contributed by atoms with E-state index in [0.29, 0.717) is 38.0 Å². The zero-order chi connectivity index (χ0) is 27.5. The maximum Gasteiger partial charge on any atom is 0.246 e. The lowest BCUT2D eigenvalue weighted by Gasteiger charge is -2.40. The van der Waals surface area contributed by atoms with Crippen LogP contribution in [0.25, 0.3) is 17.0 Å². The number of piperidine rings is 2. The van der Waals surface area contributed by atoms with Crippen LogP contribution in [-0.4, -0.2) is 76.3 Å². The van der Waals surface area contributed by atoms with Gasteiger partial charge in [-0.25, -0.2) is 8.78 Å². The summed E-state index contributed by atoms with van der Waals surface area (Å²) in [5, 5.41) is 22.5. The van der Waals surface area contributed by atoms with Crippen LogP contribution in [-0.2, 0) is 4.79 Å². The molecule has 0 spiro atoms. The van der Waals surface area contributed by atoms with Crippen molar-refractivity contribution in [2.75, 3.05) is 39.3 Å². The minimum absolute atomic E-state index is 0.0947. The number of likely N-dealkylation sites (tertiary alicyclic amines) is 2. The third-order valence-electron chi connectivity index (χ3n) is 8.55. The van der Waals surface area contributed by atoms with Crippen LogP contribution in [0.1, 0.15) is 41.9 Å². The summed E-state index contributed by atoms with van der Waals surface area (Å²) in [5.41, 5.74) is 3.94. The molecule has 2 saturated heterocycles. The zero-order valence-electron chi connectivity index (χ0n) is 22.3. The molecule has 0 bridgehead atoms. The number of benzene rings is 2. The number of amides is 1. The average molecular weight is 538 g/mol. The fourth-order valence-corrected chi connectivity index (χ4v) is 6.36. The number of nitrogens with zero attached hydrogens (tertiary/aromatic N) is 2. The first-order valence-corrected chi connectivity index (χ1v) is 13.8. The third kappa shape index (κ3) is 6.24. The van der Waals surface area contributed by atoms with E-state index in [9.17, 15) is 23.8 Å². The molecule has 5 rings (SSSR count). The van der Waals surface area contributed by atoms with Gasteiger partial charge in [0.25, 0.3) is 0 Å². The number of carbonyl (C=O) groups excluding carboxylic acids is 1. The summed E-state index contributed by atoms with van der Waals surface area (Å²) in [7, 11) is 0. The Labute approximate surface area is 227 Å². The number of fused-ring (bicyclic) bond motifs is 1. The lowest BCUT2D eigenvalue weighted by molar-refractivity contribution is -0.128. The predicted molar refractivity (Wildman–Crippen MR) is 148 cm³/mol. The molecule has 3 atom stereocenters. The molecule has 3 heterocycles. The molecule has 3 aromatic rings. The molecular weight excluding hydrogens is 500 g/mol. The van der Waals surface area contributed by atoms with Crippen molar-refractivity contribution in [3.8, 4) is 0 Å². The van der Waals surface area contributed by atoms with Gasteiger partial charge in [0.2, 0.25) is 5.91 Å². The fraction of sp³-hybridized carbons (Fsp3) is 0.452. The van der Waals surface area contributed by atoms with E-state index in [1.165, 1.54) is 40.8 Å². The summed E-state index contributed by atoms with van der Waals surface area (Å²) in [6.07, 6.45) is 6.68. The van der Waals surface area contributed by atoms with Gasteiger partial charge >= 0.3 is 0 Å². The molecule has 2 aliphatic heterocycles. The van der Waals surface area contributed by atoms with Gasteiger partial charge in [-0.15, -0.1) is 0 Å². The minimum atomic E-state index is -0.681. The van der Waals surface area contributed by atoms with Crippen molar-refractivity contribution in [2.45, 2.75) is 38.2 Å². The molecule has 39 heavy (non-hydrogen) atoms. The number of aryl methyl sites for hydroxylation is 1. The van der Waals surface area contributed by atoms with Gasteiger partial charge in [0.1, 0.15) is 11.6 Å². The number of halogens is 2. The van der Waals surface area contributed by atoms with Gasteiger partial charge in [-0.3, -0.25) is 4.79 Å². The van der Waals surface area contributed by atoms with Crippen molar-refractivity contribution in [3.63, 3.8) is 0 Å². The summed E-state index contributed by atoms with van der Waals surface area (Å²) in [6, 6.07) is 9.48. The van der Waals surface area contributed by atoms with E-state index in [-0.39, 0.29) is 30.3 Å². The van der Waals surface area contributed by atoms with Crippen LogP contribution in [0.5, 0.6) is 0 Å². The lowest BCUT2D eigenvalue weighted by Crippen LogP contribution is -2.47. The average Bonchev–Trinajstić information content (AvgIpc) is 3.36. The van der Waals surface area contributed by atoms with Gasteiger partial charge in [-0.05, 0) is 79.5 Å². The standard InChI is InChI=1S/C31H37F2N3O3/c1-20-3-2-4-27-28(16-34-31(20)27)26-9-10-35(17-23(26)19-37)18-29(38)22-7-11-36(12-8-22)30(39)6-5-21-13-24(32)15-25(33)14-21/h2-6,13-16,22-23,26,29,34,37-38H,7-12,17-19H2,1H3/b6-5+. The van der Waals surface area contributed by atoms with Gasteiger partial charge in [-0.2, -0.15) is 0 Å². The summed E-state index contributed by atoms with van der Waals surface area (Å²) in [4.78, 5) is 20.0. The van der Waals surface area contributed by atoms with Gasteiger partial charge in [0.15, 0.2) is 0 Å². The number of aliphatic hydroxyl groups excluding tert-OH is 2. The van der Waals surface area contributed by atoms with Crippen LogP contribution in [0.2, 0.25) is 0 Å². The number of H-pyrrole nitrogens is 1. The second-order valence-electron chi connectivity index (χ2n) is 11.1. The number of rotatable bonds is 7. The highest BCUT2D eigenvalue weighted by atomic mass is 19.1. The summed E-state index contributed by atoms with van der Waals surface area (Å²) >= 11 is 0. The number of carbonyl (C=O) groups is 1. The Morgan fingerprint density at radius 1 is 1.13 bits per heavy atom. The van der Waals surface area contributed by atoms with E-state index >= 15 is 0 Å². The maximum absolute atomic E-state index is 13.4. The van der Waals surface area contributed by atoms with E-state index < -0.39 is 17.7 Å². The molecule has 6 nitrogen and oxygen atoms in total. The van der Waals surface area contributed by atoms with Gasteiger partial charge in [-0.1, -0.05) is 18.2 Å². The molecule has 2 aliphatic rings. The summed E-state index contributed by atoms with van der Waals surface area (Å²) in [5.74, 6) is -1.10.